The fourth-order valence-corrected chi connectivity index (χ4v) is 2.27. The molecule has 6 heteroatoms. The van der Waals surface area contributed by atoms with E-state index in [0.29, 0.717) is 10.8 Å². The fourth-order valence-electron chi connectivity index (χ4n) is 1.46. The summed E-state index contributed by atoms with van der Waals surface area (Å²) in [5.41, 5.74) is 1.84. The van der Waals surface area contributed by atoms with Gasteiger partial charge in [-0.3, -0.25) is 9.48 Å². The number of hydrogen-bond acceptors (Lipinski definition) is 4. The minimum atomic E-state index is -0.201. The Labute approximate surface area is 103 Å². The van der Waals surface area contributed by atoms with Gasteiger partial charge in [0.2, 0.25) is 0 Å². The first-order chi connectivity index (χ1) is 7.97. The van der Waals surface area contributed by atoms with Crippen molar-refractivity contribution in [2.24, 2.45) is 7.05 Å². The van der Waals surface area contributed by atoms with Gasteiger partial charge in [-0.1, -0.05) is 0 Å². The van der Waals surface area contributed by atoms with Crippen LogP contribution in [0.1, 0.15) is 25.9 Å². The molecule has 0 aliphatic carbocycles. The predicted octanol–water partition coefficient (Wildman–Crippen LogP) is 2.05. The maximum atomic E-state index is 11.9. The summed E-state index contributed by atoms with van der Waals surface area (Å²) >= 11 is 1.40. The number of rotatable bonds is 2. The van der Waals surface area contributed by atoms with Crippen LogP contribution in [0.3, 0.4) is 0 Å². The molecule has 0 fully saturated rings. The van der Waals surface area contributed by atoms with E-state index in [4.69, 9.17) is 0 Å². The molecular formula is C11H14N4OS. The number of anilines is 1. The molecule has 0 radical (unpaired) electrons. The topological polar surface area (TPSA) is 59.8 Å². The Balaban J connectivity index is 2.19. The summed E-state index contributed by atoms with van der Waals surface area (Å²) < 4.78 is 1.67. The second kappa shape index (κ2) is 4.29. The van der Waals surface area contributed by atoms with Gasteiger partial charge in [0.1, 0.15) is 0 Å². The molecule has 0 bridgehead atoms. The lowest BCUT2D eigenvalue weighted by atomic mass is 10.4. The molecule has 1 N–H and O–H groups in total. The third-order valence-electron chi connectivity index (χ3n) is 2.47. The van der Waals surface area contributed by atoms with E-state index in [-0.39, 0.29) is 5.91 Å². The molecule has 2 heterocycles. The second-order valence-electron chi connectivity index (χ2n) is 3.95. The van der Waals surface area contributed by atoms with Gasteiger partial charge in [-0.2, -0.15) is 5.10 Å². The quantitative estimate of drug-likeness (QED) is 0.887. The lowest BCUT2D eigenvalue weighted by molar-refractivity contribution is 0.102. The number of nitrogens with one attached hydrogen (secondary N) is 1. The summed E-state index contributed by atoms with van der Waals surface area (Å²) in [5.74, 6) is 0.385. The number of carbonyl (C=O) groups excluding carboxylic acids is 1. The van der Waals surface area contributed by atoms with Crippen molar-refractivity contribution in [2.75, 3.05) is 5.32 Å². The molecule has 2 aromatic rings. The van der Waals surface area contributed by atoms with Gasteiger partial charge in [-0.15, -0.1) is 11.3 Å². The lowest BCUT2D eigenvalue weighted by Gasteiger charge is -1.99. The van der Waals surface area contributed by atoms with Crippen LogP contribution in [0.4, 0.5) is 5.82 Å². The molecule has 17 heavy (non-hydrogen) atoms. The summed E-state index contributed by atoms with van der Waals surface area (Å²) in [4.78, 5) is 17.2. The zero-order valence-corrected chi connectivity index (χ0v) is 11.1. The highest BCUT2D eigenvalue weighted by molar-refractivity contribution is 7.13. The molecule has 5 nitrogen and oxygen atoms in total. The Morgan fingerprint density at radius 2 is 2.12 bits per heavy atom. The van der Waals surface area contributed by atoms with Crippen molar-refractivity contribution in [1.29, 1.82) is 0 Å². The number of aromatic nitrogens is 3. The average molecular weight is 250 g/mol. The van der Waals surface area contributed by atoms with E-state index in [2.05, 4.69) is 15.4 Å². The molecule has 0 atom stereocenters. The second-order valence-corrected chi connectivity index (χ2v) is 5.15. The van der Waals surface area contributed by atoms with Gasteiger partial charge in [0, 0.05) is 23.7 Å². The number of thiazole rings is 1. The van der Waals surface area contributed by atoms with E-state index in [1.807, 2.05) is 34.0 Å². The van der Waals surface area contributed by atoms with E-state index in [1.165, 1.54) is 11.3 Å². The highest BCUT2D eigenvalue weighted by atomic mass is 32.1. The monoisotopic (exact) mass is 250 g/mol. The van der Waals surface area contributed by atoms with E-state index in [0.717, 1.165) is 16.1 Å². The zero-order chi connectivity index (χ0) is 12.6. The van der Waals surface area contributed by atoms with Crippen molar-refractivity contribution in [1.82, 2.24) is 14.8 Å². The Morgan fingerprint density at radius 1 is 1.41 bits per heavy atom. The standard InChI is InChI=1S/C11H14N4OS/c1-6-5-15(4)14-9(6)13-10(16)11-12-7(2)8(3)17-11/h5H,1-4H3,(H,13,14,16). The highest BCUT2D eigenvalue weighted by Crippen LogP contribution is 2.18. The summed E-state index contributed by atoms with van der Waals surface area (Å²) in [6.45, 7) is 5.76. The van der Waals surface area contributed by atoms with Gasteiger partial charge < -0.3 is 5.32 Å². The van der Waals surface area contributed by atoms with Crippen molar-refractivity contribution >= 4 is 23.1 Å². The van der Waals surface area contributed by atoms with Gasteiger partial charge in [0.15, 0.2) is 10.8 Å². The Morgan fingerprint density at radius 3 is 2.59 bits per heavy atom. The Kier molecular flexibility index (Phi) is 2.97. The molecule has 0 spiro atoms. The van der Waals surface area contributed by atoms with Gasteiger partial charge >= 0.3 is 0 Å². The highest BCUT2D eigenvalue weighted by Gasteiger charge is 2.14. The third kappa shape index (κ3) is 2.36. The van der Waals surface area contributed by atoms with Crippen molar-refractivity contribution in [3.63, 3.8) is 0 Å². The Bertz CT molecular complexity index is 551. The smallest absolute Gasteiger partial charge is 0.285 e. The third-order valence-corrected chi connectivity index (χ3v) is 3.54. The van der Waals surface area contributed by atoms with Gasteiger partial charge in [0.25, 0.3) is 5.91 Å². The van der Waals surface area contributed by atoms with E-state index >= 15 is 0 Å². The molecule has 0 saturated heterocycles. The van der Waals surface area contributed by atoms with Gasteiger partial charge in [-0.05, 0) is 20.8 Å². The van der Waals surface area contributed by atoms with Crippen LogP contribution in [0, 0.1) is 20.8 Å². The molecule has 90 valence electrons. The number of carbonyl (C=O) groups is 1. The van der Waals surface area contributed by atoms with Crippen molar-refractivity contribution in [3.05, 3.63) is 27.3 Å². The van der Waals surface area contributed by atoms with Crippen LogP contribution in [-0.4, -0.2) is 20.7 Å². The van der Waals surface area contributed by atoms with E-state index < -0.39 is 0 Å². The normalized spacial score (nSPS) is 10.6. The van der Waals surface area contributed by atoms with E-state index in [9.17, 15) is 4.79 Å². The summed E-state index contributed by atoms with van der Waals surface area (Å²) in [5, 5.41) is 7.41. The van der Waals surface area contributed by atoms with Crippen LogP contribution in [0.2, 0.25) is 0 Å². The minimum absolute atomic E-state index is 0.201. The molecule has 0 aliphatic heterocycles. The molecular weight excluding hydrogens is 236 g/mol. The number of aryl methyl sites for hydroxylation is 4. The van der Waals surface area contributed by atoms with Crippen LogP contribution >= 0.6 is 11.3 Å². The molecule has 1 amide bonds. The molecule has 2 aromatic heterocycles. The maximum absolute atomic E-state index is 11.9. The van der Waals surface area contributed by atoms with Crippen molar-refractivity contribution in [3.8, 4) is 0 Å². The molecule has 0 saturated carbocycles. The zero-order valence-electron chi connectivity index (χ0n) is 10.2. The summed E-state index contributed by atoms with van der Waals surface area (Å²) in [6, 6.07) is 0. The SMILES string of the molecule is Cc1cn(C)nc1NC(=O)c1nc(C)c(C)s1. The van der Waals surface area contributed by atoms with Crippen LogP contribution in [-0.2, 0) is 7.05 Å². The number of amides is 1. The largest absolute Gasteiger partial charge is 0.303 e. The van der Waals surface area contributed by atoms with Crippen molar-refractivity contribution < 1.29 is 4.79 Å². The number of hydrogen-bond donors (Lipinski definition) is 1. The number of nitrogens with zero attached hydrogens (tertiary/aromatic N) is 3. The van der Waals surface area contributed by atoms with Crippen LogP contribution < -0.4 is 5.32 Å². The van der Waals surface area contributed by atoms with Crippen LogP contribution in [0.25, 0.3) is 0 Å². The summed E-state index contributed by atoms with van der Waals surface area (Å²) in [6.07, 6.45) is 1.86. The first-order valence-electron chi connectivity index (χ1n) is 5.23. The molecule has 0 aliphatic rings. The first kappa shape index (κ1) is 11.8. The minimum Gasteiger partial charge on any atom is -0.303 e. The maximum Gasteiger partial charge on any atom is 0.285 e. The molecule has 0 aromatic carbocycles. The molecule has 0 unspecified atom stereocenters. The van der Waals surface area contributed by atoms with Gasteiger partial charge in [0.05, 0.1) is 5.69 Å². The average Bonchev–Trinajstić information content (AvgIpc) is 2.72. The summed E-state index contributed by atoms with van der Waals surface area (Å²) in [7, 11) is 1.82. The van der Waals surface area contributed by atoms with Crippen LogP contribution in [0.15, 0.2) is 6.20 Å². The lowest BCUT2D eigenvalue weighted by Crippen LogP contribution is -2.13. The molecule has 2 rings (SSSR count). The van der Waals surface area contributed by atoms with Gasteiger partial charge in [-0.25, -0.2) is 4.98 Å². The first-order valence-corrected chi connectivity index (χ1v) is 6.04. The van der Waals surface area contributed by atoms with E-state index in [1.54, 1.807) is 4.68 Å². The Hall–Kier alpha value is -1.69. The predicted molar refractivity (Wildman–Crippen MR) is 67.5 cm³/mol. The fraction of sp³-hybridized carbons (Fsp3) is 0.364. The van der Waals surface area contributed by atoms with Crippen LogP contribution in [0.5, 0.6) is 0 Å². The van der Waals surface area contributed by atoms with Crippen molar-refractivity contribution in [2.45, 2.75) is 20.8 Å².